The van der Waals surface area contributed by atoms with Gasteiger partial charge >= 0.3 is 0 Å². The summed E-state index contributed by atoms with van der Waals surface area (Å²) in [6.07, 6.45) is 1.58. The number of rotatable bonds is 2. The van der Waals surface area contributed by atoms with Gasteiger partial charge in [-0.3, -0.25) is 10.0 Å². The minimum Gasteiger partial charge on any atom is -0.289 e. The van der Waals surface area contributed by atoms with E-state index in [4.69, 9.17) is 5.21 Å². The van der Waals surface area contributed by atoms with Crippen molar-refractivity contribution in [2.45, 2.75) is 31.6 Å². The van der Waals surface area contributed by atoms with Crippen molar-refractivity contribution < 1.29 is 14.4 Å². The maximum absolute atomic E-state index is 13.9. The summed E-state index contributed by atoms with van der Waals surface area (Å²) in [5.74, 6) is -0.831. The molecule has 0 fully saturated rings. The van der Waals surface area contributed by atoms with Crippen LogP contribution in [0, 0.1) is 12.7 Å². The average molecular weight is 306 g/mol. The molecule has 3 rings (SSSR count). The first-order valence-electron chi connectivity index (χ1n) is 6.70. The lowest BCUT2D eigenvalue weighted by atomic mass is 9.68. The third kappa shape index (κ3) is 2.15. The Balaban J connectivity index is 2.16. The van der Waals surface area contributed by atoms with Crippen LogP contribution in [0.3, 0.4) is 0 Å². The van der Waals surface area contributed by atoms with Crippen LogP contribution in [0.1, 0.15) is 28.1 Å². The highest BCUT2D eigenvalue weighted by Gasteiger charge is 2.45. The van der Waals surface area contributed by atoms with Crippen molar-refractivity contribution in [3.8, 4) is 0 Å². The monoisotopic (exact) mass is 306 g/mol. The standard InChI is InChI=1S/C15H15FN2O2S/c1-9-10(3-2-4-11(9)16)15(14(19)18-20)6-5-12-13(7-15)21-8-17-12/h2-4,8,20H,5-7H2,1H3,(H,18,19). The van der Waals surface area contributed by atoms with Gasteiger partial charge in [0.25, 0.3) is 5.91 Å². The number of benzene rings is 1. The van der Waals surface area contributed by atoms with Gasteiger partial charge in [0.15, 0.2) is 0 Å². The van der Waals surface area contributed by atoms with Gasteiger partial charge in [0.2, 0.25) is 0 Å². The number of aromatic nitrogens is 1. The second-order valence-corrected chi connectivity index (χ2v) is 6.27. The van der Waals surface area contributed by atoms with Gasteiger partial charge in [0.1, 0.15) is 5.82 Å². The van der Waals surface area contributed by atoms with E-state index < -0.39 is 11.3 Å². The van der Waals surface area contributed by atoms with Crippen molar-refractivity contribution in [3.63, 3.8) is 0 Å². The molecular weight excluding hydrogens is 291 g/mol. The van der Waals surface area contributed by atoms with E-state index >= 15 is 0 Å². The Morgan fingerprint density at radius 3 is 3.10 bits per heavy atom. The third-order valence-corrected chi connectivity index (χ3v) is 5.17. The van der Waals surface area contributed by atoms with E-state index in [1.807, 2.05) is 0 Å². The van der Waals surface area contributed by atoms with Gasteiger partial charge in [-0.2, -0.15) is 0 Å². The molecule has 0 radical (unpaired) electrons. The van der Waals surface area contributed by atoms with Gasteiger partial charge in [-0.15, -0.1) is 11.3 Å². The maximum atomic E-state index is 13.9. The third-order valence-electron chi connectivity index (χ3n) is 4.30. The molecular formula is C15H15FN2O2S. The Morgan fingerprint density at radius 2 is 2.33 bits per heavy atom. The average Bonchev–Trinajstić information content (AvgIpc) is 2.96. The van der Waals surface area contributed by atoms with Gasteiger partial charge in [-0.05, 0) is 37.0 Å². The fourth-order valence-electron chi connectivity index (χ4n) is 3.11. The molecule has 2 N–H and O–H groups in total. The van der Waals surface area contributed by atoms with Gasteiger partial charge in [0, 0.05) is 11.3 Å². The number of thiazole rings is 1. The number of carbonyl (C=O) groups excluding carboxylic acids is 1. The molecule has 1 aliphatic rings. The number of hydrogen-bond acceptors (Lipinski definition) is 4. The first kappa shape index (κ1) is 14.2. The van der Waals surface area contributed by atoms with E-state index in [-0.39, 0.29) is 5.82 Å². The summed E-state index contributed by atoms with van der Waals surface area (Å²) in [4.78, 5) is 17.7. The Hall–Kier alpha value is -1.79. The largest absolute Gasteiger partial charge is 0.289 e. The molecule has 1 unspecified atom stereocenters. The smallest absolute Gasteiger partial charge is 0.254 e. The zero-order valence-corrected chi connectivity index (χ0v) is 12.3. The van der Waals surface area contributed by atoms with E-state index in [1.54, 1.807) is 30.0 Å². The van der Waals surface area contributed by atoms with Crippen LogP contribution >= 0.6 is 11.3 Å². The van der Waals surface area contributed by atoms with Crippen LogP contribution in [-0.4, -0.2) is 16.1 Å². The van der Waals surface area contributed by atoms with Crippen LogP contribution in [-0.2, 0) is 23.1 Å². The summed E-state index contributed by atoms with van der Waals surface area (Å²) < 4.78 is 13.9. The summed E-state index contributed by atoms with van der Waals surface area (Å²) in [5, 5.41) is 9.17. The topological polar surface area (TPSA) is 62.2 Å². The zero-order valence-electron chi connectivity index (χ0n) is 11.5. The Morgan fingerprint density at radius 1 is 1.52 bits per heavy atom. The highest BCUT2D eigenvalue weighted by Crippen LogP contribution is 2.41. The molecule has 1 aromatic heterocycles. The van der Waals surface area contributed by atoms with Gasteiger partial charge < -0.3 is 0 Å². The predicted octanol–water partition coefficient (Wildman–Crippen LogP) is 2.52. The Kier molecular flexibility index (Phi) is 3.51. The molecule has 0 saturated carbocycles. The highest BCUT2D eigenvalue weighted by atomic mass is 32.1. The quantitative estimate of drug-likeness (QED) is 0.662. The zero-order chi connectivity index (χ0) is 15.0. The van der Waals surface area contributed by atoms with Crippen molar-refractivity contribution in [1.29, 1.82) is 0 Å². The Bertz CT molecular complexity index is 701. The summed E-state index contributed by atoms with van der Waals surface area (Å²) >= 11 is 1.49. The number of nitrogens with one attached hydrogen (secondary N) is 1. The number of aryl methyl sites for hydroxylation is 1. The lowest BCUT2D eigenvalue weighted by molar-refractivity contribution is -0.135. The van der Waals surface area contributed by atoms with Gasteiger partial charge in [-0.1, -0.05) is 12.1 Å². The van der Waals surface area contributed by atoms with Crippen LogP contribution in [0.5, 0.6) is 0 Å². The van der Waals surface area contributed by atoms with Gasteiger partial charge in [-0.25, -0.2) is 14.9 Å². The van der Waals surface area contributed by atoms with E-state index in [0.717, 1.165) is 10.6 Å². The van der Waals surface area contributed by atoms with E-state index in [1.165, 1.54) is 17.4 Å². The molecule has 1 amide bonds. The van der Waals surface area contributed by atoms with Crippen LogP contribution in [0.4, 0.5) is 4.39 Å². The normalized spacial score (nSPS) is 20.9. The van der Waals surface area contributed by atoms with Crippen LogP contribution in [0.25, 0.3) is 0 Å². The number of hydrogen-bond donors (Lipinski definition) is 2. The molecule has 0 saturated heterocycles. The molecule has 1 atom stereocenters. The molecule has 21 heavy (non-hydrogen) atoms. The molecule has 1 aliphatic carbocycles. The molecule has 110 valence electrons. The van der Waals surface area contributed by atoms with E-state index in [9.17, 15) is 9.18 Å². The molecule has 1 heterocycles. The molecule has 0 aliphatic heterocycles. The van der Waals surface area contributed by atoms with Gasteiger partial charge in [0.05, 0.1) is 16.6 Å². The van der Waals surface area contributed by atoms with Crippen LogP contribution < -0.4 is 5.48 Å². The molecule has 0 bridgehead atoms. The SMILES string of the molecule is Cc1c(F)cccc1C1(C(=O)NO)CCc2ncsc2C1. The summed E-state index contributed by atoms with van der Waals surface area (Å²) in [6, 6.07) is 4.75. The summed E-state index contributed by atoms with van der Waals surface area (Å²) in [7, 11) is 0. The fourth-order valence-corrected chi connectivity index (χ4v) is 4.04. The Labute approximate surface area is 125 Å². The second-order valence-electron chi connectivity index (χ2n) is 5.33. The minimum absolute atomic E-state index is 0.340. The summed E-state index contributed by atoms with van der Waals surface area (Å²) in [5.41, 5.74) is 4.66. The van der Waals surface area contributed by atoms with E-state index in [0.29, 0.717) is 30.4 Å². The van der Waals surface area contributed by atoms with Crippen molar-refractivity contribution in [1.82, 2.24) is 10.5 Å². The highest BCUT2D eigenvalue weighted by molar-refractivity contribution is 7.09. The number of carbonyl (C=O) groups is 1. The molecule has 0 spiro atoms. The first-order valence-corrected chi connectivity index (χ1v) is 7.58. The second kappa shape index (κ2) is 5.20. The minimum atomic E-state index is -0.944. The molecule has 4 nitrogen and oxygen atoms in total. The van der Waals surface area contributed by atoms with E-state index in [2.05, 4.69) is 4.98 Å². The van der Waals surface area contributed by atoms with Crippen LogP contribution in [0.15, 0.2) is 23.7 Å². The molecule has 6 heteroatoms. The number of amides is 1. The molecule has 1 aromatic carbocycles. The van der Waals surface area contributed by atoms with Crippen molar-refractivity contribution in [3.05, 3.63) is 51.2 Å². The number of nitrogens with zero attached hydrogens (tertiary/aromatic N) is 1. The lowest BCUT2D eigenvalue weighted by Crippen LogP contribution is -2.47. The number of hydroxylamine groups is 1. The lowest BCUT2D eigenvalue weighted by Gasteiger charge is -2.36. The number of halogens is 1. The first-order chi connectivity index (χ1) is 10.1. The fraction of sp³-hybridized carbons (Fsp3) is 0.333. The van der Waals surface area contributed by atoms with Crippen molar-refractivity contribution in [2.24, 2.45) is 0 Å². The summed E-state index contributed by atoms with van der Waals surface area (Å²) in [6.45, 7) is 1.67. The number of fused-ring (bicyclic) bond motifs is 1. The van der Waals surface area contributed by atoms with Crippen LogP contribution in [0.2, 0.25) is 0 Å². The maximum Gasteiger partial charge on any atom is 0.254 e. The molecule has 2 aromatic rings. The van der Waals surface area contributed by atoms with Crippen molar-refractivity contribution in [2.75, 3.05) is 0 Å². The van der Waals surface area contributed by atoms with Crippen molar-refractivity contribution >= 4 is 17.2 Å². The predicted molar refractivity (Wildman–Crippen MR) is 76.9 cm³/mol.